The molecule has 0 radical (unpaired) electrons. The van der Waals surface area contributed by atoms with Gasteiger partial charge in [0, 0.05) is 36.4 Å². The number of rotatable bonds is 3. The van der Waals surface area contributed by atoms with Crippen LogP contribution in [0, 0.1) is 0 Å². The minimum Gasteiger partial charge on any atom is -0.328 e. The highest BCUT2D eigenvalue weighted by atomic mass is 35.5. The second kappa shape index (κ2) is 6.00. The molecule has 0 saturated heterocycles. The molecule has 1 heterocycles. The number of hydrogen-bond acceptors (Lipinski definition) is 3. The maximum atomic E-state index is 5.93. The number of pyridine rings is 1. The normalized spacial score (nSPS) is 34.7. The molecule has 1 aromatic rings. The molecule has 3 nitrogen and oxygen atoms in total. The first-order chi connectivity index (χ1) is 8.33. The summed E-state index contributed by atoms with van der Waals surface area (Å²) in [6.07, 6.45) is 9.98. The number of nitrogens with zero attached hydrogens (tertiary/aromatic N) is 1. The van der Waals surface area contributed by atoms with Crippen LogP contribution < -0.4 is 11.1 Å². The van der Waals surface area contributed by atoms with Gasteiger partial charge in [0.2, 0.25) is 0 Å². The first kappa shape index (κ1) is 13.8. The average Bonchev–Trinajstić information content (AvgIpc) is 3.13. The van der Waals surface area contributed by atoms with Crippen LogP contribution in [0.3, 0.4) is 0 Å². The molecule has 18 heavy (non-hydrogen) atoms. The van der Waals surface area contributed by atoms with E-state index in [1.807, 2.05) is 18.5 Å². The van der Waals surface area contributed by atoms with Crippen LogP contribution in [-0.2, 0) is 0 Å². The Hall–Kier alpha value is -0.640. The van der Waals surface area contributed by atoms with Gasteiger partial charge in [-0.15, -0.1) is 12.4 Å². The standard InChI is InChI=1S/C14H21N3.ClH/c15-11-3-5-12(6-4-11)17-14-8-13(14)10-2-1-7-16-9-10;/h1-2,7,9,11-14,17H,3-6,8,15H2;1H/t11?,12?,13-,14+;/m1./s1. The average molecular weight is 268 g/mol. The monoisotopic (exact) mass is 267 g/mol. The molecule has 2 aliphatic rings. The first-order valence-corrected chi connectivity index (χ1v) is 6.74. The molecule has 0 unspecified atom stereocenters. The van der Waals surface area contributed by atoms with E-state index >= 15 is 0 Å². The van der Waals surface area contributed by atoms with Gasteiger partial charge in [-0.2, -0.15) is 0 Å². The molecule has 4 heteroatoms. The molecule has 2 aliphatic carbocycles. The van der Waals surface area contributed by atoms with E-state index in [2.05, 4.69) is 16.4 Å². The predicted molar refractivity (Wildman–Crippen MR) is 76.0 cm³/mol. The Morgan fingerprint density at radius 2 is 2.00 bits per heavy atom. The SMILES string of the molecule is Cl.NC1CCC(N[C@H]2C[C@@H]2c2cccnc2)CC1. The molecular formula is C14H22ClN3. The summed E-state index contributed by atoms with van der Waals surface area (Å²) in [4.78, 5) is 4.19. The fraction of sp³-hybridized carbons (Fsp3) is 0.643. The molecule has 0 aliphatic heterocycles. The molecule has 2 atom stereocenters. The summed E-state index contributed by atoms with van der Waals surface area (Å²) >= 11 is 0. The molecule has 3 N–H and O–H groups in total. The van der Waals surface area contributed by atoms with Gasteiger partial charge < -0.3 is 11.1 Å². The van der Waals surface area contributed by atoms with Crippen LogP contribution in [-0.4, -0.2) is 23.1 Å². The van der Waals surface area contributed by atoms with E-state index in [4.69, 9.17) is 5.73 Å². The van der Waals surface area contributed by atoms with Crippen LogP contribution in [0.5, 0.6) is 0 Å². The van der Waals surface area contributed by atoms with Gasteiger partial charge >= 0.3 is 0 Å². The van der Waals surface area contributed by atoms with Crippen molar-refractivity contribution in [3.8, 4) is 0 Å². The maximum Gasteiger partial charge on any atom is 0.0303 e. The maximum absolute atomic E-state index is 5.93. The zero-order valence-electron chi connectivity index (χ0n) is 10.6. The smallest absolute Gasteiger partial charge is 0.0303 e. The van der Waals surface area contributed by atoms with Crippen LogP contribution >= 0.6 is 12.4 Å². The highest BCUT2D eigenvalue weighted by molar-refractivity contribution is 5.85. The second-order valence-corrected chi connectivity index (χ2v) is 5.51. The van der Waals surface area contributed by atoms with Crippen molar-refractivity contribution in [1.29, 1.82) is 0 Å². The minimum absolute atomic E-state index is 0. The molecule has 0 aromatic carbocycles. The summed E-state index contributed by atoms with van der Waals surface area (Å²) in [5.41, 5.74) is 7.31. The van der Waals surface area contributed by atoms with Crippen LogP contribution in [0.1, 0.15) is 43.6 Å². The molecule has 100 valence electrons. The molecule has 2 saturated carbocycles. The topological polar surface area (TPSA) is 50.9 Å². The number of nitrogens with one attached hydrogen (secondary N) is 1. The Balaban J connectivity index is 0.00000120. The molecule has 1 aromatic heterocycles. The third kappa shape index (κ3) is 3.22. The van der Waals surface area contributed by atoms with Crippen molar-refractivity contribution in [3.63, 3.8) is 0 Å². The third-order valence-electron chi connectivity index (χ3n) is 4.12. The lowest BCUT2D eigenvalue weighted by Crippen LogP contribution is -2.38. The zero-order chi connectivity index (χ0) is 11.7. The number of nitrogens with two attached hydrogens (primary N) is 1. The van der Waals surface area contributed by atoms with E-state index in [0.717, 1.165) is 0 Å². The van der Waals surface area contributed by atoms with Crippen molar-refractivity contribution in [2.75, 3.05) is 0 Å². The second-order valence-electron chi connectivity index (χ2n) is 5.51. The fourth-order valence-electron chi connectivity index (χ4n) is 2.93. The van der Waals surface area contributed by atoms with E-state index in [9.17, 15) is 0 Å². The van der Waals surface area contributed by atoms with Crippen molar-refractivity contribution in [3.05, 3.63) is 30.1 Å². The quantitative estimate of drug-likeness (QED) is 0.883. The highest BCUT2D eigenvalue weighted by Crippen LogP contribution is 2.41. The van der Waals surface area contributed by atoms with E-state index < -0.39 is 0 Å². The van der Waals surface area contributed by atoms with Gasteiger partial charge in [-0.05, 0) is 43.7 Å². The van der Waals surface area contributed by atoms with Gasteiger partial charge in [0.25, 0.3) is 0 Å². The molecule has 3 rings (SSSR count). The fourth-order valence-corrected chi connectivity index (χ4v) is 2.93. The van der Waals surface area contributed by atoms with E-state index in [1.54, 1.807) is 0 Å². The Morgan fingerprint density at radius 1 is 1.22 bits per heavy atom. The van der Waals surface area contributed by atoms with Crippen molar-refractivity contribution in [2.45, 2.75) is 56.1 Å². The molecule has 0 bridgehead atoms. The molecular weight excluding hydrogens is 246 g/mol. The van der Waals surface area contributed by atoms with Crippen LogP contribution in [0.2, 0.25) is 0 Å². The van der Waals surface area contributed by atoms with Crippen molar-refractivity contribution < 1.29 is 0 Å². The predicted octanol–water partition coefficient (Wildman–Crippen LogP) is 2.22. The lowest BCUT2D eigenvalue weighted by Gasteiger charge is -2.27. The lowest BCUT2D eigenvalue weighted by molar-refractivity contribution is 0.339. The van der Waals surface area contributed by atoms with Crippen LogP contribution in [0.15, 0.2) is 24.5 Å². The zero-order valence-corrected chi connectivity index (χ0v) is 11.4. The van der Waals surface area contributed by atoms with Gasteiger partial charge in [0.05, 0.1) is 0 Å². The summed E-state index contributed by atoms with van der Waals surface area (Å²) < 4.78 is 0. The van der Waals surface area contributed by atoms with Crippen molar-refractivity contribution >= 4 is 12.4 Å². The molecule has 2 fully saturated rings. The first-order valence-electron chi connectivity index (χ1n) is 6.74. The minimum atomic E-state index is 0. The van der Waals surface area contributed by atoms with E-state index in [0.29, 0.717) is 24.0 Å². The van der Waals surface area contributed by atoms with E-state index in [-0.39, 0.29) is 12.4 Å². The Kier molecular flexibility index (Phi) is 4.60. The summed E-state index contributed by atoms with van der Waals surface area (Å²) in [5.74, 6) is 0.694. The lowest BCUT2D eigenvalue weighted by atomic mass is 9.92. The summed E-state index contributed by atoms with van der Waals surface area (Å²) in [6.45, 7) is 0. The summed E-state index contributed by atoms with van der Waals surface area (Å²) in [6, 6.07) is 6.04. The third-order valence-corrected chi connectivity index (χ3v) is 4.12. The Morgan fingerprint density at radius 3 is 2.67 bits per heavy atom. The Bertz CT molecular complexity index is 363. The van der Waals surface area contributed by atoms with Gasteiger partial charge in [-0.1, -0.05) is 6.07 Å². The summed E-state index contributed by atoms with van der Waals surface area (Å²) in [7, 11) is 0. The van der Waals surface area contributed by atoms with Crippen molar-refractivity contribution in [2.24, 2.45) is 5.73 Å². The van der Waals surface area contributed by atoms with Crippen molar-refractivity contribution in [1.82, 2.24) is 10.3 Å². The number of halogens is 1. The van der Waals surface area contributed by atoms with Crippen LogP contribution in [0.25, 0.3) is 0 Å². The van der Waals surface area contributed by atoms with Crippen LogP contribution in [0.4, 0.5) is 0 Å². The number of hydrogen-bond donors (Lipinski definition) is 2. The largest absolute Gasteiger partial charge is 0.328 e. The summed E-state index contributed by atoms with van der Waals surface area (Å²) in [5, 5.41) is 3.78. The molecule has 0 amide bonds. The van der Waals surface area contributed by atoms with Gasteiger partial charge in [0.15, 0.2) is 0 Å². The number of aromatic nitrogens is 1. The van der Waals surface area contributed by atoms with E-state index in [1.165, 1.54) is 37.7 Å². The Labute approximate surface area is 115 Å². The van der Waals surface area contributed by atoms with Gasteiger partial charge in [-0.25, -0.2) is 0 Å². The van der Waals surface area contributed by atoms with Gasteiger partial charge in [0.1, 0.15) is 0 Å². The highest BCUT2D eigenvalue weighted by Gasteiger charge is 2.39. The molecule has 0 spiro atoms. The van der Waals surface area contributed by atoms with Gasteiger partial charge in [-0.3, -0.25) is 4.98 Å².